The number of rotatable bonds is 6. The Morgan fingerprint density at radius 3 is 2.59 bits per heavy atom. The summed E-state index contributed by atoms with van der Waals surface area (Å²) in [6.07, 6.45) is 1.82. The second kappa shape index (κ2) is 8.74. The largest absolute Gasteiger partial charge is 0.449 e. The second-order valence-corrected chi connectivity index (χ2v) is 7.17. The van der Waals surface area contributed by atoms with Gasteiger partial charge in [-0.05, 0) is 54.4 Å². The zero-order valence-electron chi connectivity index (χ0n) is 16.3. The van der Waals surface area contributed by atoms with E-state index in [1.165, 1.54) is 29.0 Å². The summed E-state index contributed by atoms with van der Waals surface area (Å²) < 4.78 is 8.26. The number of hydrogen-bond donors (Lipinski definition) is 1. The molecule has 0 saturated heterocycles. The first kappa shape index (κ1) is 20.3. The van der Waals surface area contributed by atoms with E-state index in [1.54, 1.807) is 36.9 Å². The van der Waals surface area contributed by atoms with Crippen LogP contribution in [-0.4, -0.2) is 27.3 Å². The first-order chi connectivity index (χ1) is 13.9. The highest BCUT2D eigenvalue weighted by atomic mass is 32.1. The highest BCUT2D eigenvalue weighted by Crippen LogP contribution is 2.14. The van der Waals surface area contributed by atoms with Crippen molar-refractivity contribution in [3.63, 3.8) is 0 Å². The minimum absolute atomic E-state index is 0.151. The van der Waals surface area contributed by atoms with Gasteiger partial charge in [0.05, 0.1) is 11.4 Å². The molecule has 150 valence electrons. The highest BCUT2D eigenvalue weighted by Gasteiger charge is 2.22. The van der Waals surface area contributed by atoms with E-state index in [1.807, 2.05) is 35.0 Å². The fourth-order valence-corrected chi connectivity index (χ4v) is 3.37. The molecule has 3 aromatic rings. The summed E-state index contributed by atoms with van der Waals surface area (Å²) in [7, 11) is 1.73. The molecule has 0 aliphatic heterocycles. The van der Waals surface area contributed by atoms with Gasteiger partial charge in [-0.3, -0.25) is 14.3 Å². The van der Waals surface area contributed by atoms with Crippen molar-refractivity contribution in [1.82, 2.24) is 9.36 Å². The molecule has 0 unspecified atom stereocenters. The molecule has 8 heteroatoms. The maximum atomic E-state index is 12.8. The van der Waals surface area contributed by atoms with E-state index in [0.717, 1.165) is 5.56 Å². The fraction of sp³-hybridized carbons (Fsp3) is 0.190. The number of para-hydroxylation sites is 1. The van der Waals surface area contributed by atoms with Crippen molar-refractivity contribution in [3.8, 4) is 5.69 Å². The van der Waals surface area contributed by atoms with Gasteiger partial charge in [-0.2, -0.15) is 11.3 Å². The zero-order chi connectivity index (χ0) is 21.0. The molecule has 1 aromatic carbocycles. The van der Waals surface area contributed by atoms with Crippen LogP contribution in [0.1, 0.15) is 18.2 Å². The lowest BCUT2D eigenvalue weighted by molar-refractivity contribution is -0.148. The maximum absolute atomic E-state index is 12.8. The lowest BCUT2D eigenvalue weighted by Crippen LogP contribution is -2.31. The average Bonchev–Trinajstić information content (AvgIpc) is 3.30. The van der Waals surface area contributed by atoms with Crippen LogP contribution in [0.5, 0.6) is 0 Å². The molecule has 1 N–H and O–H groups in total. The third kappa shape index (κ3) is 4.55. The summed E-state index contributed by atoms with van der Waals surface area (Å²) in [6, 6.07) is 11.0. The molecule has 1 amide bonds. The summed E-state index contributed by atoms with van der Waals surface area (Å²) in [5.41, 5.74) is 1.94. The van der Waals surface area contributed by atoms with Crippen LogP contribution in [0.3, 0.4) is 0 Å². The monoisotopic (exact) mass is 411 g/mol. The van der Waals surface area contributed by atoms with Crippen molar-refractivity contribution in [3.05, 3.63) is 74.8 Å². The van der Waals surface area contributed by atoms with E-state index in [2.05, 4.69) is 5.32 Å². The van der Waals surface area contributed by atoms with Gasteiger partial charge in [-0.25, -0.2) is 9.48 Å². The number of benzene rings is 1. The molecule has 0 radical (unpaired) electrons. The Hall–Kier alpha value is -3.39. The number of esters is 1. The molecule has 2 aromatic heterocycles. The van der Waals surface area contributed by atoms with Gasteiger partial charge < -0.3 is 10.1 Å². The molecule has 0 spiro atoms. The van der Waals surface area contributed by atoms with Crippen molar-refractivity contribution in [1.29, 1.82) is 0 Å². The minimum atomic E-state index is -1.06. The van der Waals surface area contributed by atoms with Crippen LogP contribution in [0.25, 0.3) is 11.8 Å². The lowest BCUT2D eigenvalue weighted by atomic mass is 10.3. The second-order valence-electron chi connectivity index (χ2n) is 6.39. The van der Waals surface area contributed by atoms with E-state index in [-0.39, 0.29) is 11.2 Å². The molecule has 29 heavy (non-hydrogen) atoms. The van der Waals surface area contributed by atoms with Gasteiger partial charge in [0.1, 0.15) is 5.69 Å². The predicted octanol–water partition coefficient (Wildman–Crippen LogP) is 3.13. The molecule has 7 nitrogen and oxygen atoms in total. The Kier molecular flexibility index (Phi) is 6.13. The van der Waals surface area contributed by atoms with Gasteiger partial charge in [0, 0.05) is 13.1 Å². The van der Waals surface area contributed by atoms with Gasteiger partial charge in [0.25, 0.3) is 11.5 Å². The molecule has 3 rings (SSSR count). The SMILES string of the molecule is Cc1c(NC(=O)[C@H](C)OC(=O)/C=C/c2ccsc2)c(=O)n(-c2ccccc2)n1C. The molecule has 0 aliphatic rings. The third-order valence-corrected chi connectivity index (χ3v) is 5.12. The van der Waals surface area contributed by atoms with Crippen molar-refractivity contribution in [2.45, 2.75) is 20.0 Å². The van der Waals surface area contributed by atoms with E-state index >= 15 is 0 Å². The molecule has 0 saturated carbocycles. The smallest absolute Gasteiger partial charge is 0.331 e. The van der Waals surface area contributed by atoms with Crippen LogP contribution in [0, 0.1) is 6.92 Å². The van der Waals surface area contributed by atoms with Gasteiger partial charge >= 0.3 is 5.97 Å². The van der Waals surface area contributed by atoms with Gasteiger partial charge in [-0.1, -0.05) is 18.2 Å². The predicted molar refractivity (Wildman–Crippen MR) is 113 cm³/mol. The zero-order valence-corrected chi connectivity index (χ0v) is 17.1. The van der Waals surface area contributed by atoms with Crippen LogP contribution in [0.2, 0.25) is 0 Å². The van der Waals surface area contributed by atoms with Crippen LogP contribution in [0.4, 0.5) is 5.69 Å². The number of aromatic nitrogens is 2. The first-order valence-electron chi connectivity index (χ1n) is 8.94. The Labute approximate surface area is 171 Å². The Morgan fingerprint density at radius 2 is 1.93 bits per heavy atom. The fourth-order valence-electron chi connectivity index (χ4n) is 2.74. The topological polar surface area (TPSA) is 82.3 Å². The molecule has 0 aliphatic carbocycles. The van der Waals surface area contributed by atoms with Crippen LogP contribution < -0.4 is 10.9 Å². The molecule has 0 fully saturated rings. The molecule has 2 heterocycles. The number of carbonyl (C=O) groups is 2. The third-order valence-electron chi connectivity index (χ3n) is 4.42. The van der Waals surface area contributed by atoms with Crippen molar-refractivity contribution >= 4 is 35.0 Å². The Morgan fingerprint density at radius 1 is 1.21 bits per heavy atom. The number of amides is 1. The van der Waals surface area contributed by atoms with Crippen molar-refractivity contribution < 1.29 is 14.3 Å². The molecule has 0 bridgehead atoms. The number of ether oxygens (including phenoxy) is 1. The Bertz CT molecular complexity index is 1100. The van der Waals surface area contributed by atoms with E-state index in [9.17, 15) is 14.4 Å². The van der Waals surface area contributed by atoms with Crippen LogP contribution in [0.15, 0.2) is 58.0 Å². The van der Waals surface area contributed by atoms with Crippen molar-refractivity contribution in [2.24, 2.45) is 7.05 Å². The normalized spacial score (nSPS) is 12.1. The quantitative estimate of drug-likeness (QED) is 0.499. The van der Waals surface area contributed by atoms with E-state index in [0.29, 0.717) is 11.4 Å². The first-order valence-corrected chi connectivity index (χ1v) is 9.88. The van der Waals surface area contributed by atoms with Crippen LogP contribution >= 0.6 is 11.3 Å². The summed E-state index contributed by atoms with van der Waals surface area (Å²) in [5.74, 6) is -1.21. The number of carbonyl (C=O) groups excluding carboxylic acids is 2. The minimum Gasteiger partial charge on any atom is -0.449 e. The van der Waals surface area contributed by atoms with Gasteiger partial charge in [0.2, 0.25) is 0 Å². The number of thiophene rings is 1. The highest BCUT2D eigenvalue weighted by molar-refractivity contribution is 7.08. The number of anilines is 1. The molecule has 1 atom stereocenters. The summed E-state index contributed by atoms with van der Waals surface area (Å²) >= 11 is 1.51. The summed E-state index contributed by atoms with van der Waals surface area (Å²) in [6.45, 7) is 3.19. The van der Waals surface area contributed by atoms with Crippen molar-refractivity contribution in [2.75, 3.05) is 5.32 Å². The van der Waals surface area contributed by atoms with Gasteiger partial charge in [-0.15, -0.1) is 0 Å². The maximum Gasteiger partial charge on any atom is 0.331 e. The standard InChI is InChI=1S/C21H21N3O4S/c1-14-19(21(27)24(23(14)3)17-7-5-4-6-8-17)22-20(26)15(2)28-18(25)10-9-16-11-12-29-13-16/h4-13,15H,1-3H3,(H,22,26)/b10-9+/t15-/m0/s1. The molecular formula is C21H21N3O4S. The van der Waals surface area contributed by atoms with E-state index < -0.39 is 18.0 Å². The van der Waals surface area contributed by atoms with Crippen LogP contribution in [-0.2, 0) is 21.4 Å². The number of hydrogen-bond acceptors (Lipinski definition) is 5. The summed E-state index contributed by atoms with van der Waals surface area (Å²) in [5, 5.41) is 6.37. The number of nitrogens with one attached hydrogen (secondary N) is 1. The Balaban J connectivity index is 1.72. The number of nitrogens with zero attached hydrogens (tertiary/aromatic N) is 2. The lowest BCUT2D eigenvalue weighted by Gasteiger charge is -2.11. The van der Waals surface area contributed by atoms with Gasteiger partial charge in [0.15, 0.2) is 6.10 Å². The molecular weight excluding hydrogens is 390 g/mol. The van der Waals surface area contributed by atoms with E-state index in [4.69, 9.17) is 4.74 Å². The average molecular weight is 411 g/mol. The summed E-state index contributed by atoms with van der Waals surface area (Å²) in [4.78, 5) is 37.2.